The van der Waals surface area contributed by atoms with Crippen molar-refractivity contribution in [3.63, 3.8) is 0 Å². The van der Waals surface area contributed by atoms with E-state index in [1.807, 2.05) is 13.8 Å². The lowest BCUT2D eigenvalue weighted by atomic mass is 9.92. The van der Waals surface area contributed by atoms with Crippen LogP contribution in [0, 0.1) is 5.41 Å². The van der Waals surface area contributed by atoms with Crippen molar-refractivity contribution in [1.82, 2.24) is 0 Å². The van der Waals surface area contributed by atoms with Crippen LogP contribution >= 0.6 is 0 Å². The number of rotatable bonds is 1. The van der Waals surface area contributed by atoms with Gasteiger partial charge in [-0.2, -0.15) is 0 Å². The van der Waals surface area contributed by atoms with E-state index in [9.17, 15) is 0 Å². The fourth-order valence-corrected chi connectivity index (χ4v) is 1.33. The second kappa shape index (κ2) is 10.1. The van der Waals surface area contributed by atoms with E-state index in [0.717, 1.165) is 0 Å². The first-order valence-corrected chi connectivity index (χ1v) is 6.12. The van der Waals surface area contributed by atoms with Gasteiger partial charge >= 0.3 is 0 Å². The van der Waals surface area contributed by atoms with E-state index in [4.69, 9.17) is 0 Å². The highest BCUT2D eigenvalue weighted by Crippen LogP contribution is 2.36. The van der Waals surface area contributed by atoms with E-state index in [1.165, 1.54) is 38.5 Å². The number of hydrogen-bond donors (Lipinski definition) is 0. The minimum atomic E-state index is 0.694. The molecule has 0 atom stereocenters. The van der Waals surface area contributed by atoms with Crippen molar-refractivity contribution in [2.24, 2.45) is 5.41 Å². The Labute approximate surface area is 86.1 Å². The smallest absolute Gasteiger partial charge is 0.0354 e. The van der Waals surface area contributed by atoms with Crippen LogP contribution in [0.25, 0.3) is 0 Å². The minimum absolute atomic E-state index is 0.694. The quantitative estimate of drug-likeness (QED) is 0.513. The summed E-state index contributed by atoms with van der Waals surface area (Å²) >= 11 is 0. The van der Waals surface area contributed by atoms with Gasteiger partial charge in [0.1, 0.15) is 0 Å². The fourth-order valence-electron chi connectivity index (χ4n) is 1.33. The van der Waals surface area contributed by atoms with Crippen LogP contribution in [0.15, 0.2) is 0 Å². The van der Waals surface area contributed by atoms with Gasteiger partial charge in [0.05, 0.1) is 0 Å². The summed E-state index contributed by atoms with van der Waals surface area (Å²) in [5.41, 5.74) is 0.694. The Kier molecular flexibility index (Phi) is 12.0. The zero-order valence-electron chi connectivity index (χ0n) is 10.7. The van der Waals surface area contributed by atoms with Gasteiger partial charge < -0.3 is 0 Å². The van der Waals surface area contributed by atoms with Crippen molar-refractivity contribution in [2.75, 3.05) is 0 Å². The summed E-state index contributed by atoms with van der Waals surface area (Å²) in [4.78, 5) is 0. The van der Waals surface area contributed by atoms with E-state index in [0.29, 0.717) is 5.41 Å². The Hall–Kier alpha value is 0. The van der Waals surface area contributed by atoms with Crippen LogP contribution in [-0.2, 0) is 0 Å². The van der Waals surface area contributed by atoms with Gasteiger partial charge in [0.25, 0.3) is 0 Å². The van der Waals surface area contributed by atoms with E-state index >= 15 is 0 Å². The average molecular weight is 186 g/mol. The summed E-state index contributed by atoms with van der Waals surface area (Å²) in [6, 6.07) is 0. The van der Waals surface area contributed by atoms with Crippen LogP contribution in [0.1, 0.15) is 80.1 Å². The molecule has 0 amide bonds. The first kappa shape index (κ1) is 15.5. The predicted octanol–water partition coefficient (Wildman–Crippen LogP) is 5.42. The average Bonchev–Trinajstić information content (AvgIpc) is 2.54. The molecule has 0 aromatic rings. The Morgan fingerprint density at radius 2 is 1.15 bits per heavy atom. The molecule has 13 heavy (non-hydrogen) atoms. The molecule has 0 saturated heterocycles. The molecule has 82 valence electrons. The Balaban J connectivity index is 0. The van der Waals surface area contributed by atoms with Gasteiger partial charge in [0.2, 0.25) is 0 Å². The third-order valence-electron chi connectivity index (χ3n) is 2.46. The molecule has 0 aromatic heterocycles. The molecule has 0 aromatic carbocycles. The second-order valence-electron chi connectivity index (χ2n) is 4.37. The van der Waals surface area contributed by atoms with Crippen molar-refractivity contribution in [2.45, 2.75) is 80.1 Å². The van der Waals surface area contributed by atoms with Gasteiger partial charge in [-0.25, -0.2) is 0 Å². The first-order valence-electron chi connectivity index (χ1n) is 6.12. The van der Waals surface area contributed by atoms with Gasteiger partial charge in [0.15, 0.2) is 0 Å². The van der Waals surface area contributed by atoms with Crippen LogP contribution in [0.3, 0.4) is 0 Å². The third-order valence-corrected chi connectivity index (χ3v) is 2.46. The molecule has 0 bridgehead atoms. The highest BCUT2D eigenvalue weighted by molar-refractivity contribution is 4.74. The van der Waals surface area contributed by atoms with E-state index < -0.39 is 0 Å². The van der Waals surface area contributed by atoms with Crippen molar-refractivity contribution < 1.29 is 0 Å². The summed E-state index contributed by atoms with van der Waals surface area (Å²) < 4.78 is 0. The number of hydrogen-bond acceptors (Lipinski definition) is 0. The number of unbranched alkanes of at least 4 members (excludes halogenated alkanes) is 1. The zero-order valence-corrected chi connectivity index (χ0v) is 10.7. The maximum Gasteiger partial charge on any atom is -0.0354 e. The summed E-state index contributed by atoms with van der Waals surface area (Å²) in [6.07, 6.45) is 8.47. The molecule has 0 radical (unpaired) electrons. The summed E-state index contributed by atoms with van der Waals surface area (Å²) in [6.45, 7) is 13.1. The largest absolute Gasteiger partial charge is 0.0683 e. The normalized spacial score (nSPS) is 18.0. The SMILES string of the molecule is CC.CC1(C)CCCC1.CCCC. The van der Waals surface area contributed by atoms with Gasteiger partial charge in [0, 0.05) is 0 Å². The summed E-state index contributed by atoms with van der Waals surface area (Å²) in [5.74, 6) is 0. The lowest BCUT2D eigenvalue weighted by Gasteiger charge is -2.13. The maximum atomic E-state index is 2.36. The monoisotopic (exact) mass is 186 g/mol. The van der Waals surface area contributed by atoms with E-state index in [-0.39, 0.29) is 0 Å². The predicted molar refractivity (Wildman–Crippen MR) is 64.2 cm³/mol. The molecule has 1 rings (SSSR count). The molecule has 1 aliphatic rings. The second-order valence-corrected chi connectivity index (χ2v) is 4.37. The molecule has 0 N–H and O–H groups in total. The fraction of sp³-hybridized carbons (Fsp3) is 1.00. The van der Waals surface area contributed by atoms with Crippen molar-refractivity contribution in [3.05, 3.63) is 0 Å². The maximum absolute atomic E-state index is 2.36. The van der Waals surface area contributed by atoms with Crippen LogP contribution < -0.4 is 0 Å². The van der Waals surface area contributed by atoms with Crippen molar-refractivity contribution in [3.8, 4) is 0 Å². The first-order chi connectivity index (χ1) is 6.12. The highest BCUT2D eigenvalue weighted by Gasteiger charge is 2.21. The van der Waals surface area contributed by atoms with Gasteiger partial charge in [-0.3, -0.25) is 0 Å². The molecule has 0 unspecified atom stereocenters. The van der Waals surface area contributed by atoms with Crippen molar-refractivity contribution >= 4 is 0 Å². The molecule has 0 spiro atoms. The molecule has 1 saturated carbocycles. The Bertz CT molecular complexity index is 72.0. The lowest BCUT2D eigenvalue weighted by Crippen LogP contribution is -2.01. The van der Waals surface area contributed by atoms with Crippen LogP contribution in [0.2, 0.25) is 0 Å². The topological polar surface area (TPSA) is 0 Å². The standard InChI is InChI=1S/C7H14.C4H10.C2H6/c1-7(2)5-3-4-6-7;1-3-4-2;1-2/h3-6H2,1-2H3;3-4H2,1-2H3;1-2H3. The van der Waals surface area contributed by atoms with Crippen LogP contribution in [0.4, 0.5) is 0 Å². The van der Waals surface area contributed by atoms with Gasteiger partial charge in [-0.05, 0) is 18.3 Å². The molecule has 0 heterocycles. The Morgan fingerprint density at radius 3 is 1.23 bits per heavy atom. The van der Waals surface area contributed by atoms with Gasteiger partial charge in [-0.15, -0.1) is 0 Å². The minimum Gasteiger partial charge on any atom is -0.0683 e. The molecular formula is C13H30. The Morgan fingerprint density at radius 1 is 0.846 bits per heavy atom. The summed E-state index contributed by atoms with van der Waals surface area (Å²) in [5, 5.41) is 0. The molecule has 1 fully saturated rings. The van der Waals surface area contributed by atoms with E-state index in [1.54, 1.807) is 0 Å². The molecule has 0 nitrogen and oxygen atoms in total. The van der Waals surface area contributed by atoms with E-state index in [2.05, 4.69) is 27.7 Å². The molecule has 0 heteroatoms. The molecular weight excluding hydrogens is 156 g/mol. The van der Waals surface area contributed by atoms with Crippen LogP contribution in [0.5, 0.6) is 0 Å². The highest BCUT2D eigenvalue weighted by atomic mass is 14.3. The summed E-state index contributed by atoms with van der Waals surface area (Å²) in [7, 11) is 0. The van der Waals surface area contributed by atoms with Crippen LogP contribution in [-0.4, -0.2) is 0 Å². The lowest BCUT2D eigenvalue weighted by molar-refractivity contribution is 0.382. The molecule has 1 aliphatic carbocycles. The van der Waals surface area contributed by atoms with Crippen molar-refractivity contribution in [1.29, 1.82) is 0 Å². The molecule has 0 aliphatic heterocycles. The third kappa shape index (κ3) is 12.0. The zero-order chi connectivity index (χ0) is 10.7. The van der Waals surface area contributed by atoms with Gasteiger partial charge in [-0.1, -0.05) is 67.2 Å².